The Morgan fingerprint density at radius 3 is 2.19 bits per heavy atom. The van der Waals surface area contributed by atoms with Gasteiger partial charge in [0.05, 0.1) is 11.3 Å². The lowest BCUT2D eigenvalue weighted by Gasteiger charge is -2.12. The normalized spacial score (nSPS) is 14.1. The van der Waals surface area contributed by atoms with Crippen LogP contribution in [0, 0.1) is 0 Å². The minimum absolute atomic E-state index is 0.0965. The zero-order valence-electron chi connectivity index (χ0n) is 7.94. The molecule has 0 bridgehead atoms. The van der Waals surface area contributed by atoms with Gasteiger partial charge in [-0.3, -0.25) is 4.98 Å². The average molecular weight is 227 g/mol. The summed E-state index contributed by atoms with van der Waals surface area (Å²) in [6, 6.07) is 2.29. The first-order valence-electron chi connectivity index (χ1n) is 4.21. The quantitative estimate of drug-likeness (QED) is 0.533. The molecule has 7 nitrogen and oxygen atoms in total. The van der Waals surface area contributed by atoms with E-state index in [1.54, 1.807) is 0 Å². The van der Waals surface area contributed by atoms with Crippen LogP contribution in [0.25, 0.3) is 0 Å². The summed E-state index contributed by atoms with van der Waals surface area (Å²) in [4.78, 5) is 24.4. The number of aromatic nitrogens is 1. The van der Waals surface area contributed by atoms with Gasteiger partial charge >= 0.3 is 11.9 Å². The van der Waals surface area contributed by atoms with E-state index >= 15 is 0 Å². The molecular formula is C9H9NO6. The van der Waals surface area contributed by atoms with E-state index in [0.29, 0.717) is 0 Å². The van der Waals surface area contributed by atoms with Gasteiger partial charge in [0, 0.05) is 6.20 Å². The number of aliphatic carboxylic acids is 1. The topological polar surface area (TPSA) is 128 Å². The summed E-state index contributed by atoms with van der Waals surface area (Å²) >= 11 is 0. The number of aliphatic hydroxyl groups excluding tert-OH is 2. The van der Waals surface area contributed by atoms with Gasteiger partial charge < -0.3 is 20.4 Å². The van der Waals surface area contributed by atoms with Gasteiger partial charge in [-0.25, -0.2) is 9.59 Å². The van der Waals surface area contributed by atoms with Gasteiger partial charge in [-0.1, -0.05) is 0 Å². The highest BCUT2D eigenvalue weighted by Crippen LogP contribution is 2.15. The summed E-state index contributed by atoms with van der Waals surface area (Å²) in [5, 5.41) is 35.4. The van der Waals surface area contributed by atoms with Crippen LogP contribution in [0.2, 0.25) is 0 Å². The minimum atomic E-state index is -2.00. The summed E-state index contributed by atoms with van der Waals surface area (Å²) in [7, 11) is 0. The number of hydrogen-bond acceptors (Lipinski definition) is 5. The Hall–Kier alpha value is -1.99. The Balaban J connectivity index is 2.89. The summed E-state index contributed by atoms with van der Waals surface area (Å²) in [5.41, 5.74) is -0.208. The van der Waals surface area contributed by atoms with E-state index in [1.165, 1.54) is 0 Å². The van der Waals surface area contributed by atoms with Gasteiger partial charge in [-0.2, -0.15) is 0 Å². The first-order valence-corrected chi connectivity index (χ1v) is 4.21. The molecule has 4 N–H and O–H groups in total. The molecule has 16 heavy (non-hydrogen) atoms. The average Bonchev–Trinajstić information content (AvgIpc) is 2.27. The number of carboxylic acid groups (broad SMARTS) is 2. The monoisotopic (exact) mass is 227 g/mol. The van der Waals surface area contributed by atoms with Crippen molar-refractivity contribution in [2.75, 3.05) is 0 Å². The molecule has 1 aromatic heterocycles. The molecule has 0 aliphatic rings. The molecule has 86 valence electrons. The molecule has 2 atom stereocenters. The standard InChI is InChI=1S/C9H9NO6/c11-6(7(12)9(15)16)5-2-1-4(3-10-5)8(13)14/h1-3,6-7,11-12H,(H,13,14)(H,15,16). The Morgan fingerprint density at radius 1 is 1.19 bits per heavy atom. The molecule has 1 rings (SSSR count). The first-order chi connectivity index (χ1) is 7.43. The van der Waals surface area contributed by atoms with E-state index in [-0.39, 0.29) is 11.3 Å². The van der Waals surface area contributed by atoms with E-state index in [1.807, 2.05) is 0 Å². The van der Waals surface area contributed by atoms with Crippen LogP contribution in [0.15, 0.2) is 18.3 Å². The maximum Gasteiger partial charge on any atom is 0.337 e. The van der Waals surface area contributed by atoms with Crippen LogP contribution in [-0.2, 0) is 4.79 Å². The van der Waals surface area contributed by atoms with Gasteiger partial charge in [0.25, 0.3) is 0 Å². The maximum absolute atomic E-state index is 10.5. The number of aliphatic hydroxyl groups is 2. The second-order valence-corrected chi connectivity index (χ2v) is 3.00. The van der Waals surface area contributed by atoms with Crippen molar-refractivity contribution >= 4 is 11.9 Å². The van der Waals surface area contributed by atoms with Crippen LogP contribution in [0.1, 0.15) is 22.2 Å². The van der Waals surface area contributed by atoms with Crippen molar-refractivity contribution in [2.24, 2.45) is 0 Å². The Labute approximate surface area is 89.6 Å². The van der Waals surface area contributed by atoms with Crippen molar-refractivity contribution in [1.82, 2.24) is 4.98 Å². The Bertz CT molecular complexity index is 401. The van der Waals surface area contributed by atoms with Crippen LogP contribution in [0.3, 0.4) is 0 Å². The number of rotatable bonds is 4. The molecule has 0 aromatic carbocycles. The number of carbonyl (C=O) groups is 2. The molecule has 0 aliphatic heterocycles. The maximum atomic E-state index is 10.5. The Kier molecular flexibility index (Phi) is 3.54. The van der Waals surface area contributed by atoms with Crippen LogP contribution in [0.5, 0.6) is 0 Å². The fourth-order valence-electron chi connectivity index (χ4n) is 1.00. The fraction of sp³-hybridized carbons (Fsp3) is 0.222. The molecule has 0 aliphatic carbocycles. The Morgan fingerprint density at radius 2 is 1.81 bits per heavy atom. The number of hydrogen-bond donors (Lipinski definition) is 4. The molecule has 0 fully saturated rings. The van der Waals surface area contributed by atoms with Gasteiger partial charge in [-0.05, 0) is 12.1 Å². The van der Waals surface area contributed by atoms with Crippen LogP contribution < -0.4 is 0 Å². The molecule has 1 aromatic rings. The van der Waals surface area contributed by atoms with E-state index in [9.17, 15) is 14.7 Å². The summed E-state index contributed by atoms with van der Waals surface area (Å²) in [5.74, 6) is -2.77. The zero-order valence-corrected chi connectivity index (χ0v) is 7.94. The molecule has 0 amide bonds. The van der Waals surface area contributed by atoms with Crippen molar-refractivity contribution in [3.8, 4) is 0 Å². The van der Waals surface area contributed by atoms with E-state index in [4.69, 9.17) is 15.3 Å². The van der Waals surface area contributed by atoms with Gasteiger partial charge in [0.2, 0.25) is 0 Å². The van der Waals surface area contributed by atoms with Crippen molar-refractivity contribution in [3.05, 3.63) is 29.6 Å². The number of carboxylic acids is 2. The van der Waals surface area contributed by atoms with Crippen molar-refractivity contribution in [2.45, 2.75) is 12.2 Å². The predicted molar refractivity (Wildman–Crippen MR) is 49.8 cm³/mol. The third-order valence-corrected chi connectivity index (χ3v) is 1.89. The highest BCUT2D eigenvalue weighted by Gasteiger charge is 2.26. The number of nitrogens with zero attached hydrogens (tertiary/aromatic N) is 1. The smallest absolute Gasteiger partial charge is 0.337 e. The molecule has 0 saturated heterocycles. The van der Waals surface area contributed by atoms with Gasteiger partial charge in [0.15, 0.2) is 6.10 Å². The molecule has 1 heterocycles. The second-order valence-electron chi connectivity index (χ2n) is 3.00. The van der Waals surface area contributed by atoms with Crippen LogP contribution >= 0.6 is 0 Å². The molecule has 7 heteroatoms. The zero-order chi connectivity index (χ0) is 12.3. The summed E-state index contributed by atoms with van der Waals surface area (Å²) < 4.78 is 0. The first kappa shape index (κ1) is 12.1. The van der Waals surface area contributed by atoms with E-state index < -0.39 is 24.1 Å². The SMILES string of the molecule is O=C(O)c1ccc(C(O)C(O)C(=O)O)nc1. The molecule has 2 unspecified atom stereocenters. The lowest BCUT2D eigenvalue weighted by molar-refractivity contribution is -0.153. The summed E-state index contributed by atoms with van der Waals surface area (Å²) in [6.07, 6.45) is -2.72. The lowest BCUT2D eigenvalue weighted by Crippen LogP contribution is -2.28. The fourth-order valence-corrected chi connectivity index (χ4v) is 1.00. The molecule has 0 saturated carbocycles. The number of pyridine rings is 1. The highest BCUT2D eigenvalue weighted by molar-refractivity contribution is 5.87. The van der Waals surface area contributed by atoms with E-state index in [0.717, 1.165) is 18.3 Å². The third-order valence-electron chi connectivity index (χ3n) is 1.89. The van der Waals surface area contributed by atoms with Crippen molar-refractivity contribution < 1.29 is 30.0 Å². The van der Waals surface area contributed by atoms with Gasteiger partial charge in [0.1, 0.15) is 6.10 Å². The van der Waals surface area contributed by atoms with Gasteiger partial charge in [-0.15, -0.1) is 0 Å². The highest BCUT2D eigenvalue weighted by atomic mass is 16.4. The van der Waals surface area contributed by atoms with Crippen molar-refractivity contribution in [3.63, 3.8) is 0 Å². The molecule has 0 radical (unpaired) electrons. The second kappa shape index (κ2) is 4.69. The van der Waals surface area contributed by atoms with E-state index in [2.05, 4.69) is 4.98 Å². The number of aromatic carboxylic acids is 1. The predicted octanol–water partition coefficient (Wildman–Crippen LogP) is -0.741. The van der Waals surface area contributed by atoms with Crippen LogP contribution in [0.4, 0.5) is 0 Å². The minimum Gasteiger partial charge on any atom is -0.479 e. The lowest BCUT2D eigenvalue weighted by atomic mass is 10.1. The largest absolute Gasteiger partial charge is 0.479 e. The summed E-state index contributed by atoms with van der Waals surface area (Å²) in [6.45, 7) is 0. The van der Waals surface area contributed by atoms with Crippen molar-refractivity contribution in [1.29, 1.82) is 0 Å². The van der Waals surface area contributed by atoms with Crippen LogP contribution in [-0.4, -0.2) is 43.5 Å². The molecule has 0 spiro atoms. The third kappa shape index (κ3) is 2.53. The molecular weight excluding hydrogens is 218 g/mol.